The van der Waals surface area contributed by atoms with Crippen molar-refractivity contribution in [2.75, 3.05) is 12.8 Å². The van der Waals surface area contributed by atoms with Crippen molar-refractivity contribution in [2.45, 2.75) is 6.92 Å². The molecular formula is C11H13N3O. The molecule has 0 unspecified atom stereocenters. The third-order valence-corrected chi connectivity index (χ3v) is 2.24. The van der Waals surface area contributed by atoms with Crippen LogP contribution in [0.4, 0.5) is 5.95 Å². The van der Waals surface area contributed by atoms with Gasteiger partial charge in [-0.25, -0.2) is 4.98 Å². The summed E-state index contributed by atoms with van der Waals surface area (Å²) in [6, 6.07) is 5.97. The number of aromatic nitrogens is 2. The van der Waals surface area contributed by atoms with Crippen molar-refractivity contribution < 1.29 is 4.74 Å². The number of ether oxygens (including phenoxy) is 1. The number of imidazole rings is 1. The van der Waals surface area contributed by atoms with Gasteiger partial charge in [0, 0.05) is 5.56 Å². The number of hydrogen-bond donors (Lipinski definition) is 2. The lowest BCUT2D eigenvalue weighted by atomic mass is 10.1. The number of aryl methyl sites for hydroxylation is 1. The summed E-state index contributed by atoms with van der Waals surface area (Å²) in [5.41, 5.74) is 8.55. The summed E-state index contributed by atoms with van der Waals surface area (Å²) in [7, 11) is 1.65. The first-order chi connectivity index (χ1) is 7.20. The van der Waals surface area contributed by atoms with Crippen LogP contribution in [0.3, 0.4) is 0 Å². The Morgan fingerprint density at radius 2 is 2.20 bits per heavy atom. The molecule has 2 aromatic rings. The summed E-state index contributed by atoms with van der Waals surface area (Å²) in [4.78, 5) is 6.95. The number of nitrogen functional groups attached to an aromatic ring is 1. The van der Waals surface area contributed by atoms with Crippen molar-refractivity contribution in [3.63, 3.8) is 0 Å². The zero-order valence-corrected chi connectivity index (χ0v) is 8.74. The van der Waals surface area contributed by atoms with Gasteiger partial charge in [-0.15, -0.1) is 0 Å². The Kier molecular flexibility index (Phi) is 2.33. The lowest BCUT2D eigenvalue weighted by Gasteiger charge is -2.07. The first-order valence-electron chi connectivity index (χ1n) is 4.66. The van der Waals surface area contributed by atoms with Crippen LogP contribution in [0.1, 0.15) is 5.56 Å². The Bertz CT molecular complexity index is 476. The molecule has 0 saturated heterocycles. The standard InChI is InChI=1S/C11H13N3O/c1-7-3-4-10(15-2)8(5-7)9-6-13-11(12)14-9/h3-6H,1-2H3,(H3,12,13,14). The highest BCUT2D eigenvalue weighted by Gasteiger charge is 2.07. The van der Waals surface area contributed by atoms with E-state index in [1.165, 1.54) is 5.56 Å². The van der Waals surface area contributed by atoms with Crippen LogP contribution in [0.15, 0.2) is 24.4 Å². The highest BCUT2D eigenvalue weighted by Crippen LogP contribution is 2.29. The number of H-pyrrole nitrogens is 1. The van der Waals surface area contributed by atoms with E-state index in [1.807, 2.05) is 25.1 Å². The van der Waals surface area contributed by atoms with Crippen LogP contribution in [-0.4, -0.2) is 17.1 Å². The van der Waals surface area contributed by atoms with E-state index in [0.29, 0.717) is 5.95 Å². The van der Waals surface area contributed by atoms with Gasteiger partial charge in [-0.05, 0) is 19.1 Å². The maximum absolute atomic E-state index is 5.54. The first-order valence-corrected chi connectivity index (χ1v) is 4.66. The number of aromatic amines is 1. The average molecular weight is 203 g/mol. The third-order valence-electron chi connectivity index (χ3n) is 2.24. The number of nitrogens with one attached hydrogen (secondary N) is 1. The minimum absolute atomic E-state index is 0.411. The minimum Gasteiger partial charge on any atom is -0.496 e. The summed E-state index contributed by atoms with van der Waals surface area (Å²) in [5, 5.41) is 0. The lowest BCUT2D eigenvalue weighted by molar-refractivity contribution is 0.416. The molecule has 2 rings (SSSR count). The Labute approximate surface area is 88.1 Å². The summed E-state index contributed by atoms with van der Waals surface area (Å²) < 4.78 is 5.28. The third kappa shape index (κ3) is 1.79. The molecule has 4 nitrogen and oxygen atoms in total. The van der Waals surface area contributed by atoms with Crippen molar-refractivity contribution in [3.05, 3.63) is 30.0 Å². The van der Waals surface area contributed by atoms with E-state index in [0.717, 1.165) is 17.0 Å². The monoisotopic (exact) mass is 203 g/mol. The van der Waals surface area contributed by atoms with Gasteiger partial charge in [0.25, 0.3) is 0 Å². The van der Waals surface area contributed by atoms with Gasteiger partial charge < -0.3 is 15.5 Å². The number of methoxy groups -OCH3 is 1. The molecule has 0 saturated carbocycles. The molecule has 0 aliphatic rings. The summed E-state index contributed by atoms with van der Waals surface area (Å²) >= 11 is 0. The molecule has 0 aliphatic heterocycles. The van der Waals surface area contributed by atoms with Gasteiger partial charge in [0.05, 0.1) is 19.0 Å². The Morgan fingerprint density at radius 3 is 2.80 bits per heavy atom. The molecule has 0 spiro atoms. The maximum Gasteiger partial charge on any atom is 0.197 e. The van der Waals surface area contributed by atoms with Crippen LogP contribution < -0.4 is 10.5 Å². The van der Waals surface area contributed by atoms with E-state index in [2.05, 4.69) is 9.97 Å². The summed E-state index contributed by atoms with van der Waals surface area (Å²) in [6.07, 6.45) is 1.70. The molecule has 1 heterocycles. The molecule has 0 fully saturated rings. The Hall–Kier alpha value is -1.97. The molecule has 15 heavy (non-hydrogen) atoms. The zero-order chi connectivity index (χ0) is 10.8. The second-order valence-corrected chi connectivity index (χ2v) is 3.39. The minimum atomic E-state index is 0.411. The van der Waals surface area contributed by atoms with E-state index >= 15 is 0 Å². The molecule has 0 aliphatic carbocycles. The molecule has 0 atom stereocenters. The summed E-state index contributed by atoms with van der Waals surface area (Å²) in [5.74, 6) is 1.22. The quantitative estimate of drug-likeness (QED) is 0.784. The molecule has 3 N–H and O–H groups in total. The Balaban J connectivity index is 2.55. The number of nitrogens with zero attached hydrogens (tertiary/aromatic N) is 1. The second-order valence-electron chi connectivity index (χ2n) is 3.39. The topological polar surface area (TPSA) is 63.9 Å². The number of hydrogen-bond acceptors (Lipinski definition) is 3. The second kappa shape index (κ2) is 3.65. The molecule has 1 aromatic heterocycles. The maximum atomic E-state index is 5.54. The number of benzene rings is 1. The lowest BCUT2D eigenvalue weighted by Crippen LogP contribution is -1.90. The predicted octanol–water partition coefficient (Wildman–Crippen LogP) is 1.98. The molecule has 1 aromatic carbocycles. The van der Waals surface area contributed by atoms with Crippen LogP contribution in [0, 0.1) is 6.92 Å². The van der Waals surface area contributed by atoms with Gasteiger partial charge in [0.1, 0.15) is 5.75 Å². The molecular weight excluding hydrogens is 190 g/mol. The van der Waals surface area contributed by atoms with Crippen molar-refractivity contribution in [1.82, 2.24) is 9.97 Å². The number of anilines is 1. The largest absolute Gasteiger partial charge is 0.496 e. The van der Waals surface area contributed by atoms with Gasteiger partial charge in [-0.1, -0.05) is 11.6 Å². The van der Waals surface area contributed by atoms with Gasteiger partial charge in [0.2, 0.25) is 0 Å². The van der Waals surface area contributed by atoms with E-state index in [1.54, 1.807) is 13.3 Å². The highest BCUT2D eigenvalue weighted by molar-refractivity contribution is 5.68. The highest BCUT2D eigenvalue weighted by atomic mass is 16.5. The Morgan fingerprint density at radius 1 is 1.40 bits per heavy atom. The van der Waals surface area contributed by atoms with Crippen LogP contribution in [0.25, 0.3) is 11.3 Å². The number of rotatable bonds is 2. The average Bonchev–Trinajstić information content (AvgIpc) is 2.65. The van der Waals surface area contributed by atoms with Crippen molar-refractivity contribution in [2.24, 2.45) is 0 Å². The van der Waals surface area contributed by atoms with Gasteiger partial charge in [0.15, 0.2) is 5.95 Å². The molecule has 0 bridgehead atoms. The normalized spacial score (nSPS) is 10.3. The van der Waals surface area contributed by atoms with Crippen LogP contribution >= 0.6 is 0 Å². The predicted molar refractivity (Wildman–Crippen MR) is 59.7 cm³/mol. The molecule has 0 radical (unpaired) electrons. The van der Waals surface area contributed by atoms with Gasteiger partial charge >= 0.3 is 0 Å². The van der Waals surface area contributed by atoms with Crippen LogP contribution in [0.2, 0.25) is 0 Å². The summed E-state index contributed by atoms with van der Waals surface area (Å²) in [6.45, 7) is 2.03. The zero-order valence-electron chi connectivity index (χ0n) is 8.74. The van der Waals surface area contributed by atoms with Gasteiger partial charge in [-0.3, -0.25) is 0 Å². The van der Waals surface area contributed by atoms with Crippen molar-refractivity contribution >= 4 is 5.95 Å². The fraction of sp³-hybridized carbons (Fsp3) is 0.182. The van der Waals surface area contributed by atoms with E-state index in [4.69, 9.17) is 10.5 Å². The molecule has 0 amide bonds. The van der Waals surface area contributed by atoms with Crippen LogP contribution in [0.5, 0.6) is 5.75 Å². The van der Waals surface area contributed by atoms with Crippen molar-refractivity contribution in [1.29, 1.82) is 0 Å². The molecule has 4 heteroatoms. The van der Waals surface area contributed by atoms with Gasteiger partial charge in [-0.2, -0.15) is 0 Å². The first kappa shape index (κ1) is 9.58. The van der Waals surface area contributed by atoms with Crippen molar-refractivity contribution in [3.8, 4) is 17.0 Å². The van der Waals surface area contributed by atoms with E-state index in [-0.39, 0.29) is 0 Å². The smallest absolute Gasteiger partial charge is 0.197 e. The number of nitrogens with two attached hydrogens (primary N) is 1. The molecule has 78 valence electrons. The van der Waals surface area contributed by atoms with E-state index in [9.17, 15) is 0 Å². The fourth-order valence-corrected chi connectivity index (χ4v) is 1.51. The SMILES string of the molecule is COc1ccc(C)cc1-c1cnc(N)[nH]1. The van der Waals surface area contributed by atoms with E-state index < -0.39 is 0 Å². The van der Waals surface area contributed by atoms with Crippen LogP contribution in [-0.2, 0) is 0 Å². The fourth-order valence-electron chi connectivity index (χ4n) is 1.51.